The van der Waals surface area contributed by atoms with Gasteiger partial charge in [-0.05, 0) is 59.5 Å². The van der Waals surface area contributed by atoms with Crippen LogP contribution in [0.2, 0.25) is 0 Å². The molecule has 1 aliphatic rings. The fraction of sp³-hybridized carbons (Fsp3) is 0.206. The van der Waals surface area contributed by atoms with Gasteiger partial charge in [-0.25, -0.2) is 9.59 Å². The summed E-state index contributed by atoms with van der Waals surface area (Å²) < 4.78 is 5.72. The molecule has 0 radical (unpaired) electrons. The molecule has 1 unspecified atom stereocenters. The number of fused-ring (bicyclic) bond motifs is 3. The molecule has 0 aliphatic heterocycles. The molecule has 2 amide bonds. The molecule has 0 fully saturated rings. The number of benzene rings is 4. The van der Waals surface area contributed by atoms with Crippen molar-refractivity contribution in [2.24, 2.45) is 0 Å². The average molecular weight is 564 g/mol. The summed E-state index contributed by atoms with van der Waals surface area (Å²) in [5, 5.41) is 15.0. The highest BCUT2D eigenvalue weighted by Gasteiger charge is 2.30. The van der Waals surface area contributed by atoms with Gasteiger partial charge < -0.3 is 20.5 Å². The van der Waals surface area contributed by atoms with Crippen LogP contribution >= 0.6 is 0 Å². The average Bonchev–Trinajstić information content (AvgIpc) is 3.30. The first-order chi connectivity index (χ1) is 20.3. The molecule has 0 bridgehead atoms. The lowest BCUT2D eigenvalue weighted by Crippen LogP contribution is -2.50. The monoisotopic (exact) mass is 563 g/mol. The summed E-state index contributed by atoms with van der Waals surface area (Å²) >= 11 is 0. The van der Waals surface area contributed by atoms with Crippen molar-refractivity contribution in [1.82, 2.24) is 10.2 Å². The Kier molecular flexibility index (Phi) is 8.64. The smallest absolute Gasteiger partial charge is 0.407 e. The van der Waals surface area contributed by atoms with Crippen LogP contribution in [0.4, 0.5) is 10.5 Å². The van der Waals surface area contributed by atoms with Crippen LogP contribution in [0.1, 0.15) is 38.5 Å². The zero-order valence-corrected chi connectivity index (χ0v) is 23.5. The Labute approximate surface area is 244 Å². The minimum Gasteiger partial charge on any atom is -0.478 e. The van der Waals surface area contributed by atoms with Gasteiger partial charge in [-0.1, -0.05) is 84.9 Å². The molecular weight excluding hydrogens is 530 g/mol. The summed E-state index contributed by atoms with van der Waals surface area (Å²) in [4.78, 5) is 40.1. The lowest BCUT2D eigenvalue weighted by atomic mass is 9.98. The molecule has 8 nitrogen and oxygen atoms in total. The fourth-order valence-corrected chi connectivity index (χ4v) is 5.36. The van der Waals surface area contributed by atoms with Gasteiger partial charge in [0.15, 0.2) is 0 Å². The second kappa shape index (κ2) is 12.7. The molecule has 1 aliphatic carbocycles. The van der Waals surface area contributed by atoms with E-state index in [9.17, 15) is 19.5 Å². The van der Waals surface area contributed by atoms with Crippen molar-refractivity contribution >= 4 is 23.7 Å². The Balaban J connectivity index is 1.30. The first kappa shape index (κ1) is 28.6. The molecule has 1 atom stereocenters. The van der Waals surface area contributed by atoms with Gasteiger partial charge >= 0.3 is 12.1 Å². The summed E-state index contributed by atoms with van der Waals surface area (Å²) in [6.07, 6.45) is -0.707. The van der Waals surface area contributed by atoms with Crippen LogP contribution in [0, 0.1) is 6.92 Å². The molecule has 0 spiro atoms. The van der Waals surface area contributed by atoms with Crippen molar-refractivity contribution in [3.8, 4) is 11.1 Å². The number of likely N-dealkylation sites (N-methyl/N-ethyl adjacent to an activating group) is 1. The van der Waals surface area contributed by atoms with E-state index < -0.39 is 24.0 Å². The molecular formula is C34H33N3O5. The quantitative estimate of drug-likeness (QED) is 0.229. The van der Waals surface area contributed by atoms with Crippen LogP contribution in [0.3, 0.4) is 0 Å². The van der Waals surface area contributed by atoms with E-state index in [-0.39, 0.29) is 24.6 Å². The molecule has 0 heterocycles. The van der Waals surface area contributed by atoms with Crippen molar-refractivity contribution < 1.29 is 24.2 Å². The third kappa shape index (κ3) is 6.50. The maximum atomic E-state index is 13.5. The number of carboxylic acids is 1. The Hall–Kier alpha value is -4.95. The van der Waals surface area contributed by atoms with E-state index >= 15 is 0 Å². The van der Waals surface area contributed by atoms with Gasteiger partial charge in [0.25, 0.3) is 0 Å². The van der Waals surface area contributed by atoms with Gasteiger partial charge in [0, 0.05) is 24.7 Å². The van der Waals surface area contributed by atoms with Gasteiger partial charge in [0.05, 0.1) is 5.56 Å². The zero-order valence-electron chi connectivity index (χ0n) is 23.5. The number of hydrogen-bond donors (Lipinski definition) is 3. The summed E-state index contributed by atoms with van der Waals surface area (Å²) in [5.41, 5.74) is 6.62. The van der Waals surface area contributed by atoms with Crippen molar-refractivity contribution in [1.29, 1.82) is 0 Å². The van der Waals surface area contributed by atoms with Gasteiger partial charge in [0.1, 0.15) is 12.6 Å². The van der Waals surface area contributed by atoms with E-state index in [1.165, 1.54) is 12.1 Å². The van der Waals surface area contributed by atoms with E-state index in [0.717, 1.165) is 27.8 Å². The number of alkyl carbamates (subject to hydrolysis) is 1. The van der Waals surface area contributed by atoms with E-state index in [1.807, 2.05) is 78.7 Å². The summed E-state index contributed by atoms with van der Waals surface area (Å²) in [6, 6.07) is 29.5. The number of carbonyl (C=O) groups excluding carboxylic acids is 2. The number of aryl methyl sites for hydroxylation is 1. The van der Waals surface area contributed by atoms with Gasteiger partial charge in [0.2, 0.25) is 5.91 Å². The zero-order chi connectivity index (χ0) is 29.6. The standard InChI is InChI=1S/C34H33N3O5/c1-22-16-17-24(33(39)40)18-30(22)35-32(38)31(20-37(2)19-23-10-4-3-5-11-23)36-34(41)42-21-29-27-14-8-6-12-25(27)26-13-7-9-15-28(26)29/h3-18,29,31H,19-21H2,1-2H3,(H,35,38)(H,36,41)(H,39,40). The highest BCUT2D eigenvalue weighted by molar-refractivity contribution is 5.98. The minimum absolute atomic E-state index is 0.0538. The third-order valence-electron chi connectivity index (χ3n) is 7.48. The van der Waals surface area contributed by atoms with E-state index in [1.54, 1.807) is 13.0 Å². The maximum absolute atomic E-state index is 13.5. The fourth-order valence-electron chi connectivity index (χ4n) is 5.36. The van der Waals surface area contributed by atoms with E-state index in [0.29, 0.717) is 17.8 Å². The number of hydrogen-bond acceptors (Lipinski definition) is 5. The molecule has 8 heteroatoms. The lowest BCUT2D eigenvalue weighted by Gasteiger charge is -2.25. The summed E-state index contributed by atoms with van der Waals surface area (Å²) in [7, 11) is 1.86. The molecule has 4 aromatic rings. The van der Waals surface area contributed by atoms with Crippen LogP contribution in [0.15, 0.2) is 97.1 Å². The normalized spacial score (nSPS) is 12.7. The molecule has 0 aromatic heterocycles. The van der Waals surface area contributed by atoms with Crippen LogP contribution < -0.4 is 10.6 Å². The van der Waals surface area contributed by atoms with Crippen molar-refractivity contribution in [3.05, 3.63) is 125 Å². The van der Waals surface area contributed by atoms with E-state index in [4.69, 9.17) is 4.74 Å². The summed E-state index contributed by atoms with van der Waals surface area (Å²) in [6.45, 7) is 2.65. The number of nitrogens with one attached hydrogen (secondary N) is 2. The SMILES string of the molecule is Cc1ccc(C(=O)O)cc1NC(=O)C(CN(C)Cc1ccccc1)NC(=O)OCC1c2ccccc2-c2ccccc21. The Morgan fingerprint density at radius 3 is 2.14 bits per heavy atom. The molecule has 214 valence electrons. The second-order valence-electron chi connectivity index (χ2n) is 10.5. The van der Waals surface area contributed by atoms with E-state index in [2.05, 4.69) is 22.8 Å². The number of rotatable bonds is 10. The van der Waals surface area contributed by atoms with Crippen LogP contribution in [-0.4, -0.2) is 54.2 Å². The van der Waals surface area contributed by atoms with Crippen LogP contribution in [-0.2, 0) is 16.1 Å². The topological polar surface area (TPSA) is 108 Å². The van der Waals surface area contributed by atoms with Crippen LogP contribution in [0.5, 0.6) is 0 Å². The van der Waals surface area contributed by atoms with Crippen molar-refractivity contribution in [3.63, 3.8) is 0 Å². The number of ether oxygens (including phenoxy) is 1. The molecule has 4 aromatic carbocycles. The Bertz CT molecular complexity index is 1560. The Morgan fingerprint density at radius 2 is 1.50 bits per heavy atom. The first-order valence-electron chi connectivity index (χ1n) is 13.8. The molecule has 5 rings (SSSR count). The number of aromatic carboxylic acids is 1. The third-order valence-corrected chi connectivity index (χ3v) is 7.48. The number of carbonyl (C=O) groups is 3. The van der Waals surface area contributed by atoms with Crippen LogP contribution in [0.25, 0.3) is 11.1 Å². The molecule has 0 saturated carbocycles. The van der Waals surface area contributed by atoms with Gasteiger partial charge in [-0.2, -0.15) is 0 Å². The highest BCUT2D eigenvalue weighted by Crippen LogP contribution is 2.44. The number of nitrogens with zero attached hydrogens (tertiary/aromatic N) is 1. The van der Waals surface area contributed by atoms with Crippen molar-refractivity contribution in [2.75, 3.05) is 25.5 Å². The lowest BCUT2D eigenvalue weighted by molar-refractivity contribution is -0.118. The number of amides is 2. The number of anilines is 1. The van der Waals surface area contributed by atoms with Gasteiger partial charge in [-0.3, -0.25) is 9.69 Å². The molecule has 3 N–H and O–H groups in total. The minimum atomic E-state index is -1.10. The predicted octanol–water partition coefficient (Wildman–Crippen LogP) is 5.67. The predicted molar refractivity (Wildman–Crippen MR) is 162 cm³/mol. The highest BCUT2D eigenvalue weighted by atomic mass is 16.5. The second-order valence-corrected chi connectivity index (χ2v) is 10.5. The van der Waals surface area contributed by atoms with Gasteiger partial charge in [-0.15, -0.1) is 0 Å². The summed E-state index contributed by atoms with van der Waals surface area (Å²) in [5.74, 6) is -1.69. The largest absolute Gasteiger partial charge is 0.478 e. The number of carboxylic acid groups (broad SMARTS) is 1. The Morgan fingerprint density at radius 1 is 0.881 bits per heavy atom. The van der Waals surface area contributed by atoms with Crippen molar-refractivity contribution in [2.45, 2.75) is 25.4 Å². The molecule has 42 heavy (non-hydrogen) atoms. The maximum Gasteiger partial charge on any atom is 0.407 e. The first-order valence-corrected chi connectivity index (χ1v) is 13.8. The molecule has 0 saturated heterocycles.